The molecule has 112 valence electrons. The topological polar surface area (TPSA) is 29.3 Å². The highest BCUT2D eigenvalue weighted by atomic mass is 15.1. The molecular formula is C19H26N2. The Balaban J connectivity index is 1.81. The van der Waals surface area contributed by atoms with Crippen LogP contribution < -0.4 is 10.6 Å². The van der Waals surface area contributed by atoms with Crippen LogP contribution in [0.15, 0.2) is 42.5 Å². The van der Waals surface area contributed by atoms with Crippen LogP contribution in [0.3, 0.4) is 0 Å². The number of benzene rings is 2. The van der Waals surface area contributed by atoms with Gasteiger partial charge in [0.2, 0.25) is 0 Å². The maximum Gasteiger partial charge on any atom is 0.0445 e. The number of rotatable bonds is 4. The Morgan fingerprint density at radius 1 is 1.00 bits per heavy atom. The molecule has 1 fully saturated rings. The van der Waals surface area contributed by atoms with Gasteiger partial charge in [-0.05, 0) is 50.0 Å². The molecule has 21 heavy (non-hydrogen) atoms. The number of fused-ring (bicyclic) bond motifs is 1. The molecule has 3 rings (SSSR count). The van der Waals surface area contributed by atoms with Gasteiger partial charge in [0, 0.05) is 30.2 Å². The molecule has 2 aromatic rings. The Labute approximate surface area is 127 Å². The van der Waals surface area contributed by atoms with Gasteiger partial charge in [0.25, 0.3) is 0 Å². The van der Waals surface area contributed by atoms with Crippen molar-refractivity contribution < 1.29 is 0 Å². The molecule has 0 radical (unpaired) electrons. The summed E-state index contributed by atoms with van der Waals surface area (Å²) in [4.78, 5) is 2.55. The SMILES string of the molecule is CCN(CC1CCC(N)CC1)c1cccc2ccccc12. The summed E-state index contributed by atoms with van der Waals surface area (Å²) in [6.07, 6.45) is 4.94. The minimum absolute atomic E-state index is 0.439. The van der Waals surface area contributed by atoms with E-state index in [4.69, 9.17) is 5.73 Å². The van der Waals surface area contributed by atoms with Gasteiger partial charge in [0.15, 0.2) is 0 Å². The molecule has 2 heteroatoms. The molecule has 0 atom stereocenters. The number of anilines is 1. The predicted octanol–water partition coefficient (Wildman–Crippen LogP) is 4.18. The molecule has 0 bridgehead atoms. The van der Waals surface area contributed by atoms with E-state index in [0.717, 1.165) is 19.0 Å². The smallest absolute Gasteiger partial charge is 0.0445 e. The van der Waals surface area contributed by atoms with Crippen molar-refractivity contribution in [1.29, 1.82) is 0 Å². The second-order valence-corrected chi connectivity index (χ2v) is 6.32. The fourth-order valence-corrected chi connectivity index (χ4v) is 3.56. The van der Waals surface area contributed by atoms with Gasteiger partial charge in [0.1, 0.15) is 0 Å². The summed E-state index contributed by atoms with van der Waals surface area (Å²) in [5.74, 6) is 0.795. The Hall–Kier alpha value is -1.54. The van der Waals surface area contributed by atoms with Gasteiger partial charge in [-0.3, -0.25) is 0 Å². The monoisotopic (exact) mass is 282 g/mol. The van der Waals surface area contributed by atoms with Crippen LogP contribution in [-0.4, -0.2) is 19.1 Å². The van der Waals surface area contributed by atoms with Gasteiger partial charge in [-0.25, -0.2) is 0 Å². The maximum absolute atomic E-state index is 6.03. The van der Waals surface area contributed by atoms with Crippen molar-refractivity contribution in [2.24, 2.45) is 11.7 Å². The normalized spacial score (nSPS) is 22.4. The first-order chi connectivity index (χ1) is 10.3. The lowest BCUT2D eigenvalue weighted by atomic mass is 9.86. The molecule has 2 nitrogen and oxygen atoms in total. The summed E-state index contributed by atoms with van der Waals surface area (Å²) >= 11 is 0. The average molecular weight is 282 g/mol. The second kappa shape index (κ2) is 6.48. The Kier molecular flexibility index (Phi) is 4.45. The Bertz CT molecular complexity index is 580. The van der Waals surface area contributed by atoms with Crippen LogP contribution in [0.5, 0.6) is 0 Å². The van der Waals surface area contributed by atoms with Gasteiger partial charge >= 0.3 is 0 Å². The highest BCUT2D eigenvalue weighted by Gasteiger charge is 2.21. The zero-order valence-electron chi connectivity index (χ0n) is 13.0. The van der Waals surface area contributed by atoms with Crippen LogP contribution in [0, 0.1) is 5.92 Å². The number of nitrogens with zero attached hydrogens (tertiary/aromatic N) is 1. The van der Waals surface area contributed by atoms with Crippen LogP contribution in [0.25, 0.3) is 10.8 Å². The van der Waals surface area contributed by atoms with Crippen molar-refractivity contribution in [1.82, 2.24) is 0 Å². The molecule has 2 N–H and O–H groups in total. The zero-order chi connectivity index (χ0) is 14.7. The van der Waals surface area contributed by atoms with Gasteiger partial charge in [-0.2, -0.15) is 0 Å². The minimum atomic E-state index is 0.439. The molecule has 1 aliphatic rings. The maximum atomic E-state index is 6.03. The fourth-order valence-electron chi connectivity index (χ4n) is 3.56. The molecule has 0 saturated heterocycles. The lowest BCUT2D eigenvalue weighted by molar-refractivity contribution is 0.328. The van der Waals surface area contributed by atoms with E-state index in [9.17, 15) is 0 Å². The van der Waals surface area contributed by atoms with Crippen LogP contribution in [0.4, 0.5) is 5.69 Å². The van der Waals surface area contributed by atoms with Crippen LogP contribution in [-0.2, 0) is 0 Å². The van der Waals surface area contributed by atoms with E-state index in [-0.39, 0.29) is 0 Å². The predicted molar refractivity (Wildman–Crippen MR) is 91.8 cm³/mol. The van der Waals surface area contributed by atoms with Crippen molar-refractivity contribution >= 4 is 16.5 Å². The van der Waals surface area contributed by atoms with Gasteiger partial charge in [-0.1, -0.05) is 36.4 Å². The summed E-state index contributed by atoms with van der Waals surface area (Å²) in [7, 11) is 0. The lowest BCUT2D eigenvalue weighted by Gasteiger charge is -2.33. The van der Waals surface area contributed by atoms with Crippen LogP contribution in [0.2, 0.25) is 0 Å². The first kappa shape index (κ1) is 14.4. The number of nitrogens with two attached hydrogens (primary N) is 1. The van der Waals surface area contributed by atoms with Crippen molar-refractivity contribution in [2.45, 2.75) is 38.6 Å². The van der Waals surface area contributed by atoms with E-state index >= 15 is 0 Å². The van der Waals surface area contributed by atoms with Gasteiger partial charge in [-0.15, -0.1) is 0 Å². The molecule has 0 unspecified atom stereocenters. The third kappa shape index (κ3) is 3.21. The van der Waals surface area contributed by atoms with Crippen molar-refractivity contribution in [3.05, 3.63) is 42.5 Å². The molecule has 0 spiro atoms. The Morgan fingerprint density at radius 3 is 2.48 bits per heavy atom. The summed E-state index contributed by atoms with van der Waals surface area (Å²) in [6, 6.07) is 15.8. The Morgan fingerprint density at radius 2 is 1.71 bits per heavy atom. The highest BCUT2D eigenvalue weighted by molar-refractivity contribution is 5.94. The van der Waals surface area contributed by atoms with Gasteiger partial charge in [0.05, 0.1) is 0 Å². The largest absolute Gasteiger partial charge is 0.371 e. The molecular weight excluding hydrogens is 256 g/mol. The van der Waals surface area contributed by atoms with E-state index in [1.807, 2.05) is 0 Å². The van der Waals surface area contributed by atoms with E-state index in [1.54, 1.807) is 0 Å². The molecule has 1 aliphatic carbocycles. The van der Waals surface area contributed by atoms with E-state index in [2.05, 4.69) is 54.3 Å². The summed E-state index contributed by atoms with van der Waals surface area (Å²) in [5.41, 5.74) is 7.41. The summed E-state index contributed by atoms with van der Waals surface area (Å²) < 4.78 is 0. The first-order valence-corrected chi connectivity index (χ1v) is 8.26. The van der Waals surface area contributed by atoms with Gasteiger partial charge < -0.3 is 10.6 Å². The first-order valence-electron chi connectivity index (χ1n) is 8.26. The van der Waals surface area contributed by atoms with Crippen LogP contribution in [0.1, 0.15) is 32.6 Å². The van der Waals surface area contributed by atoms with Crippen molar-refractivity contribution in [3.8, 4) is 0 Å². The van der Waals surface area contributed by atoms with E-state index in [0.29, 0.717) is 6.04 Å². The number of hydrogen-bond acceptors (Lipinski definition) is 2. The highest BCUT2D eigenvalue weighted by Crippen LogP contribution is 2.30. The number of hydrogen-bond donors (Lipinski definition) is 1. The van der Waals surface area contributed by atoms with Crippen molar-refractivity contribution in [2.75, 3.05) is 18.0 Å². The molecule has 1 saturated carbocycles. The molecule has 0 amide bonds. The summed E-state index contributed by atoms with van der Waals surface area (Å²) in [6.45, 7) is 4.49. The van der Waals surface area contributed by atoms with Crippen LogP contribution >= 0.6 is 0 Å². The third-order valence-electron chi connectivity index (χ3n) is 4.86. The van der Waals surface area contributed by atoms with Crippen molar-refractivity contribution in [3.63, 3.8) is 0 Å². The van der Waals surface area contributed by atoms with E-state index in [1.165, 1.54) is 42.1 Å². The molecule has 0 heterocycles. The molecule has 2 aromatic carbocycles. The molecule has 0 aromatic heterocycles. The quantitative estimate of drug-likeness (QED) is 0.911. The summed E-state index contributed by atoms with van der Waals surface area (Å²) in [5, 5.41) is 2.70. The zero-order valence-corrected chi connectivity index (χ0v) is 13.0. The standard InChI is InChI=1S/C19H26N2/c1-2-21(14-15-10-12-17(20)13-11-15)19-9-5-7-16-6-3-4-8-18(16)19/h3-9,15,17H,2,10-14,20H2,1H3. The third-order valence-corrected chi connectivity index (χ3v) is 4.86. The second-order valence-electron chi connectivity index (χ2n) is 6.32. The fraction of sp³-hybridized carbons (Fsp3) is 0.474. The average Bonchev–Trinajstić information content (AvgIpc) is 2.54. The minimum Gasteiger partial charge on any atom is -0.371 e. The lowest BCUT2D eigenvalue weighted by Crippen LogP contribution is -2.34. The van der Waals surface area contributed by atoms with E-state index < -0.39 is 0 Å². The molecule has 0 aliphatic heterocycles.